The molecule has 0 aliphatic heterocycles. The van der Waals surface area contributed by atoms with Gasteiger partial charge in [0.2, 0.25) is 10.0 Å². The van der Waals surface area contributed by atoms with Crippen LogP contribution in [0.25, 0.3) is 0 Å². The number of hydrogen-bond donors (Lipinski definition) is 0. The Morgan fingerprint density at radius 2 is 1.43 bits per heavy atom. The summed E-state index contributed by atoms with van der Waals surface area (Å²) in [5.74, 6) is 0. The minimum atomic E-state index is -3.65. The minimum Gasteiger partial charge on any atom is -0.211 e. The third-order valence-electron chi connectivity index (χ3n) is 3.58. The molecule has 1 atom stereocenters. The van der Waals surface area contributed by atoms with E-state index in [0.29, 0.717) is 64.5 Å². The van der Waals surface area contributed by atoms with E-state index in [1.807, 2.05) is 25.1 Å². The van der Waals surface area contributed by atoms with Gasteiger partial charge in [0.1, 0.15) is 0 Å². The molecular weight excluding hydrogens is 312 g/mol. The van der Waals surface area contributed by atoms with Gasteiger partial charge in [0, 0.05) is 25.9 Å². The molecule has 6 nitrogen and oxygen atoms in total. The first kappa shape index (κ1) is 21.4. The van der Waals surface area contributed by atoms with E-state index < -0.39 is 15.3 Å². The van der Waals surface area contributed by atoms with Gasteiger partial charge in [-0.25, -0.2) is 12.7 Å². The third kappa shape index (κ3) is 8.55. The largest absolute Gasteiger partial charge is 0.230 e. The molecule has 0 aliphatic carbocycles. The van der Waals surface area contributed by atoms with Crippen LogP contribution in [0.3, 0.4) is 0 Å². The highest BCUT2D eigenvalue weighted by Crippen LogP contribution is 2.17. The van der Waals surface area contributed by atoms with Crippen LogP contribution in [-0.4, -0.2) is 31.1 Å². The molecule has 0 N–H and O–H groups in total. The highest BCUT2D eigenvalue weighted by atomic mass is 32.2. The van der Waals surface area contributed by atoms with Crippen LogP contribution in [0.1, 0.15) is 64.7 Å². The molecule has 0 amide bonds. The van der Waals surface area contributed by atoms with Crippen LogP contribution < -0.4 is 0 Å². The Labute approximate surface area is 140 Å². The summed E-state index contributed by atoms with van der Waals surface area (Å²) in [4.78, 5) is 0. The minimum absolute atomic E-state index is 0.334. The molecule has 0 saturated carbocycles. The lowest BCUT2D eigenvalue weighted by atomic mass is 10.2. The normalized spacial score (nSPS) is 12.3. The van der Waals surface area contributed by atoms with E-state index in [1.165, 1.54) is 4.31 Å². The lowest BCUT2D eigenvalue weighted by Crippen LogP contribution is -2.39. The summed E-state index contributed by atoms with van der Waals surface area (Å²) in [6.45, 7) is 2.63. The molecule has 0 aliphatic rings. The SMILES string of the molecule is CCCCC(C#N)S(=O)(=O)N(CCCCC#N)CCCCC#N. The Hall–Kier alpha value is -1.62. The van der Waals surface area contributed by atoms with Crippen molar-refractivity contribution in [2.24, 2.45) is 0 Å². The Bertz CT molecular complexity index is 518. The number of nitriles is 3. The Morgan fingerprint density at radius 1 is 0.913 bits per heavy atom. The molecule has 0 spiro atoms. The predicted octanol–water partition coefficient (Wildman–Crippen LogP) is 3.09. The van der Waals surface area contributed by atoms with E-state index >= 15 is 0 Å². The van der Waals surface area contributed by atoms with Crippen molar-refractivity contribution in [1.29, 1.82) is 15.8 Å². The lowest BCUT2D eigenvalue weighted by molar-refractivity contribution is 0.387. The monoisotopic (exact) mass is 338 g/mol. The van der Waals surface area contributed by atoms with Crippen LogP contribution in [0.2, 0.25) is 0 Å². The van der Waals surface area contributed by atoms with Gasteiger partial charge in [-0.3, -0.25) is 0 Å². The van der Waals surface area contributed by atoms with Gasteiger partial charge in [0.25, 0.3) is 0 Å². The second-order valence-corrected chi connectivity index (χ2v) is 7.55. The summed E-state index contributed by atoms with van der Waals surface area (Å²) < 4.78 is 26.7. The van der Waals surface area contributed by atoms with E-state index in [0.717, 1.165) is 6.42 Å². The summed E-state index contributed by atoms with van der Waals surface area (Å²) in [6, 6.07) is 6.02. The van der Waals surface area contributed by atoms with Gasteiger partial charge in [-0.15, -0.1) is 0 Å². The summed E-state index contributed by atoms with van der Waals surface area (Å²) in [7, 11) is -3.65. The van der Waals surface area contributed by atoms with Crippen molar-refractivity contribution in [3.8, 4) is 18.2 Å². The third-order valence-corrected chi connectivity index (χ3v) is 5.72. The van der Waals surface area contributed by atoms with Crippen molar-refractivity contribution in [2.45, 2.75) is 70.0 Å². The van der Waals surface area contributed by atoms with Crippen molar-refractivity contribution in [3.63, 3.8) is 0 Å². The van der Waals surface area contributed by atoms with Gasteiger partial charge < -0.3 is 0 Å². The molecule has 0 fully saturated rings. The van der Waals surface area contributed by atoms with Crippen LogP contribution >= 0.6 is 0 Å². The van der Waals surface area contributed by atoms with Gasteiger partial charge in [0.15, 0.2) is 5.25 Å². The molecule has 0 bridgehead atoms. The van der Waals surface area contributed by atoms with Gasteiger partial charge in [0.05, 0.1) is 18.2 Å². The summed E-state index contributed by atoms with van der Waals surface area (Å²) in [6.07, 6.45) is 5.21. The second-order valence-electron chi connectivity index (χ2n) is 5.43. The maximum Gasteiger partial charge on any atom is 0.230 e. The maximum absolute atomic E-state index is 12.7. The van der Waals surface area contributed by atoms with Crippen molar-refractivity contribution >= 4 is 10.0 Å². The molecule has 1 unspecified atom stereocenters. The zero-order chi connectivity index (χ0) is 17.6. The molecular formula is C16H26N4O2S. The molecule has 23 heavy (non-hydrogen) atoms. The molecule has 128 valence electrons. The fourth-order valence-corrected chi connectivity index (χ4v) is 3.93. The number of unbranched alkanes of at least 4 members (excludes halogenated alkanes) is 5. The average Bonchev–Trinajstić information content (AvgIpc) is 2.53. The van der Waals surface area contributed by atoms with E-state index in [4.69, 9.17) is 10.5 Å². The standard InChI is InChI=1S/C16H26N4O2S/c1-2-3-10-16(15-19)23(21,22)20(13-8-4-6-11-17)14-9-5-7-12-18/h16H,2-10,13-14H2,1H3. The van der Waals surface area contributed by atoms with E-state index in [1.54, 1.807) is 0 Å². The summed E-state index contributed by atoms with van der Waals surface area (Å²) in [5, 5.41) is 25.3. The number of nitrogens with zero attached hydrogens (tertiary/aromatic N) is 4. The molecule has 0 aromatic rings. The first-order valence-corrected chi connectivity index (χ1v) is 9.67. The fourth-order valence-electron chi connectivity index (χ4n) is 2.20. The van der Waals surface area contributed by atoms with Crippen molar-refractivity contribution in [1.82, 2.24) is 4.31 Å². The van der Waals surface area contributed by atoms with Crippen LogP contribution in [0.4, 0.5) is 0 Å². The van der Waals surface area contributed by atoms with E-state index in [9.17, 15) is 13.7 Å². The van der Waals surface area contributed by atoms with Gasteiger partial charge in [-0.05, 0) is 32.1 Å². The first-order chi connectivity index (χ1) is 11.0. The number of hydrogen-bond acceptors (Lipinski definition) is 5. The molecule has 0 radical (unpaired) electrons. The molecule has 0 rings (SSSR count). The van der Waals surface area contributed by atoms with Crippen LogP contribution in [0, 0.1) is 34.0 Å². The van der Waals surface area contributed by atoms with E-state index in [2.05, 4.69) is 0 Å². The van der Waals surface area contributed by atoms with Gasteiger partial charge in [-0.1, -0.05) is 19.8 Å². The zero-order valence-corrected chi connectivity index (χ0v) is 14.7. The summed E-state index contributed by atoms with van der Waals surface area (Å²) >= 11 is 0. The quantitative estimate of drug-likeness (QED) is 0.479. The molecule has 0 saturated heterocycles. The van der Waals surface area contributed by atoms with Crippen LogP contribution in [-0.2, 0) is 10.0 Å². The lowest BCUT2D eigenvalue weighted by Gasteiger charge is -2.24. The van der Waals surface area contributed by atoms with Crippen molar-refractivity contribution in [3.05, 3.63) is 0 Å². The molecule has 0 aromatic heterocycles. The van der Waals surface area contributed by atoms with Crippen LogP contribution in [0.5, 0.6) is 0 Å². The highest BCUT2D eigenvalue weighted by Gasteiger charge is 2.31. The zero-order valence-electron chi connectivity index (χ0n) is 13.9. The molecule has 0 heterocycles. The molecule has 0 aromatic carbocycles. The Balaban J connectivity index is 4.86. The number of sulfonamides is 1. The van der Waals surface area contributed by atoms with Gasteiger partial charge in [-0.2, -0.15) is 15.8 Å². The van der Waals surface area contributed by atoms with Crippen LogP contribution in [0.15, 0.2) is 0 Å². The Kier molecular flexibility index (Phi) is 12.0. The smallest absolute Gasteiger partial charge is 0.211 e. The fraction of sp³-hybridized carbons (Fsp3) is 0.812. The second kappa shape index (κ2) is 12.9. The van der Waals surface area contributed by atoms with Crippen molar-refractivity contribution < 1.29 is 8.42 Å². The summed E-state index contributed by atoms with van der Waals surface area (Å²) in [5.41, 5.74) is 0. The van der Waals surface area contributed by atoms with Crippen molar-refractivity contribution in [2.75, 3.05) is 13.1 Å². The Morgan fingerprint density at radius 3 is 1.83 bits per heavy atom. The highest BCUT2D eigenvalue weighted by molar-refractivity contribution is 7.90. The first-order valence-electron chi connectivity index (χ1n) is 8.17. The maximum atomic E-state index is 12.7. The number of rotatable bonds is 13. The van der Waals surface area contributed by atoms with Gasteiger partial charge >= 0.3 is 0 Å². The predicted molar refractivity (Wildman–Crippen MR) is 88.3 cm³/mol. The van der Waals surface area contributed by atoms with E-state index in [-0.39, 0.29) is 0 Å². The molecule has 7 heteroatoms. The average molecular weight is 338 g/mol. The topological polar surface area (TPSA) is 109 Å².